The molecule has 1 aromatic carbocycles. The summed E-state index contributed by atoms with van der Waals surface area (Å²) in [6.07, 6.45) is -6.76. The van der Waals surface area contributed by atoms with Gasteiger partial charge in [0.05, 0.1) is 6.61 Å². The Labute approximate surface area is 115 Å². The highest BCUT2D eigenvalue weighted by atomic mass is 32.2. The summed E-state index contributed by atoms with van der Waals surface area (Å²) < 4.78 is 0. The minimum absolute atomic E-state index is 0.679. The molecule has 6 nitrogen and oxygen atoms in total. The van der Waals surface area contributed by atoms with Crippen molar-refractivity contribution in [3.63, 3.8) is 0 Å². The fraction of sp³-hybridized carbons (Fsp3) is 0.500. The molecule has 0 fully saturated rings. The van der Waals surface area contributed by atoms with Crippen LogP contribution in [0, 0.1) is 0 Å². The molecule has 7 heteroatoms. The van der Waals surface area contributed by atoms with Gasteiger partial charge in [-0.1, -0.05) is 30.0 Å². The quantitative estimate of drug-likeness (QED) is 0.268. The van der Waals surface area contributed by atoms with Gasteiger partial charge in [-0.3, -0.25) is 0 Å². The summed E-state index contributed by atoms with van der Waals surface area (Å²) in [7, 11) is 0. The molecule has 0 saturated carbocycles. The molecule has 5 atom stereocenters. The van der Waals surface area contributed by atoms with Crippen LogP contribution in [-0.2, 0) is 0 Å². The lowest BCUT2D eigenvalue weighted by atomic mass is 10.0. The molecular formula is C12H18O6S. The monoisotopic (exact) mass is 290 g/mol. The zero-order chi connectivity index (χ0) is 14.4. The lowest BCUT2D eigenvalue weighted by Crippen LogP contribution is -2.49. The molecular weight excluding hydrogens is 272 g/mol. The molecule has 0 aliphatic rings. The number of benzene rings is 1. The first-order valence-electron chi connectivity index (χ1n) is 5.70. The third-order valence-electron chi connectivity index (χ3n) is 2.57. The Morgan fingerprint density at radius 3 is 1.95 bits per heavy atom. The summed E-state index contributed by atoms with van der Waals surface area (Å²) >= 11 is 0.907. The van der Waals surface area contributed by atoms with E-state index < -0.39 is 36.5 Å². The maximum atomic E-state index is 9.74. The van der Waals surface area contributed by atoms with Crippen LogP contribution in [0.15, 0.2) is 35.2 Å². The summed E-state index contributed by atoms with van der Waals surface area (Å²) in [5, 5.41) is 56.3. The minimum atomic E-state index is -1.77. The Bertz CT molecular complexity index is 362. The number of hydrogen-bond donors (Lipinski definition) is 6. The van der Waals surface area contributed by atoms with Crippen molar-refractivity contribution in [2.75, 3.05) is 6.61 Å². The highest BCUT2D eigenvalue weighted by Gasteiger charge is 2.34. The molecule has 0 heterocycles. The summed E-state index contributed by atoms with van der Waals surface area (Å²) in [6.45, 7) is -0.757. The first-order chi connectivity index (χ1) is 8.97. The van der Waals surface area contributed by atoms with Gasteiger partial charge in [-0.25, -0.2) is 0 Å². The molecule has 0 radical (unpaired) electrons. The van der Waals surface area contributed by atoms with Gasteiger partial charge in [-0.2, -0.15) is 0 Å². The Kier molecular flexibility index (Phi) is 6.73. The molecule has 1 unspecified atom stereocenters. The van der Waals surface area contributed by atoms with E-state index in [4.69, 9.17) is 10.2 Å². The van der Waals surface area contributed by atoms with Gasteiger partial charge in [0, 0.05) is 4.90 Å². The molecule has 0 bridgehead atoms. The molecule has 1 rings (SSSR count). The van der Waals surface area contributed by atoms with E-state index in [0.717, 1.165) is 11.8 Å². The van der Waals surface area contributed by atoms with Crippen molar-refractivity contribution in [3.05, 3.63) is 30.3 Å². The first-order valence-corrected chi connectivity index (χ1v) is 6.58. The SMILES string of the molecule is OC[C@H](O)[C@H](O)[C@H](O)[C@@H](O)C(O)Sc1ccccc1. The second kappa shape index (κ2) is 7.81. The first kappa shape index (κ1) is 16.4. The summed E-state index contributed by atoms with van der Waals surface area (Å²) in [5.41, 5.74) is -1.38. The van der Waals surface area contributed by atoms with Crippen molar-refractivity contribution in [2.45, 2.75) is 34.7 Å². The topological polar surface area (TPSA) is 121 Å². The molecule has 6 N–H and O–H groups in total. The van der Waals surface area contributed by atoms with Crippen LogP contribution in [0.2, 0.25) is 0 Å². The van der Waals surface area contributed by atoms with Crippen molar-refractivity contribution in [3.8, 4) is 0 Å². The second-order valence-corrected chi connectivity index (χ2v) is 5.23. The molecule has 19 heavy (non-hydrogen) atoms. The van der Waals surface area contributed by atoms with Crippen LogP contribution in [0.5, 0.6) is 0 Å². The van der Waals surface area contributed by atoms with E-state index in [1.165, 1.54) is 0 Å². The summed E-state index contributed by atoms with van der Waals surface area (Å²) in [4.78, 5) is 0.679. The van der Waals surface area contributed by atoms with Crippen LogP contribution in [0.1, 0.15) is 0 Å². The largest absolute Gasteiger partial charge is 0.394 e. The minimum Gasteiger partial charge on any atom is -0.394 e. The van der Waals surface area contributed by atoms with Crippen molar-refractivity contribution >= 4 is 11.8 Å². The van der Waals surface area contributed by atoms with Gasteiger partial charge < -0.3 is 30.6 Å². The van der Waals surface area contributed by atoms with E-state index in [2.05, 4.69) is 0 Å². The predicted octanol–water partition coefficient (Wildman–Crippen LogP) is -1.47. The van der Waals surface area contributed by atoms with Gasteiger partial charge in [0.15, 0.2) is 0 Å². The third-order valence-corrected chi connectivity index (χ3v) is 3.64. The van der Waals surface area contributed by atoms with E-state index in [1.807, 2.05) is 0 Å². The lowest BCUT2D eigenvalue weighted by molar-refractivity contribution is -0.127. The van der Waals surface area contributed by atoms with Crippen molar-refractivity contribution in [2.24, 2.45) is 0 Å². The number of thioether (sulfide) groups is 1. The smallest absolute Gasteiger partial charge is 0.132 e. The van der Waals surface area contributed by atoms with Gasteiger partial charge in [-0.05, 0) is 12.1 Å². The van der Waals surface area contributed by atoms with Crippen molar-refractivity contribution < 1.29 is 30.6 Å². The average molecular weight is 290 g/mol. The normalized spacial score (nSPS) is 19.5. The van der Waals surface area contributed by atoms with Gasteiger partial charge in [0.2, 0.25) is 0 Å². The van der Waals surface area contributed by atoms with Crippen LogP contribution in [0.3, 0.4) is 0 Å². The maximum absolute atomic E-state index is 9.74. The van der Waals surface area contributed by atoms with E-state index in [0.29, 0.717) is 4.90 Å². The molecule has 108 valence electrons. The van der Waals surface area contributed by atoms with Gasteiger partial charge in [0.1, 0.15) is 29.9 Å². The van der Waals surface area contributed by atoms with Crippen molar-refractivity contribution in [1.82, 2.24) is 0 Å². The Hall–Kier alpha value is -0.670. The fourth-order valence-corrected chi connectivity index (χ4v) is 2.31. The van der Waals surface area contributed by atoms with E-state index in [-0.39, 0.29) is 0 Å². The maximum Gasteiger partial charge on any atom is 0.132 e. The Balaban J connectivity index is 2.58. The van der Waals surface area contributed by atoms with E-state index in [1.54, 1.807) is 30.3 Å². The Morgan fingerprint density at radius 1 is 0.842 bits per heavy atom. The zero-order valence-electron chi connectivity index (χ0n) is 10.1. The van der Waals surface area contributed by atoms with E-state index >= 15 is 0 Å². The molecule has 0 aliphatic heterocycles. The molecule has 0 aromatic heterocycles. The molecule has 1 aromatic rings. The molecule has 0 spiro atoms. The zero-order valence-corrected chi connectivity index (χ0v) is 10.9. The molecule has 0 amide bonds. The highest BCUT2D eigenvalue weighted by Crippen LogP contribution is 2.25. The summed E-state index contributed by atoms with van der Waals surface area (Å²) in [5.74, 6) is 0. The van der Waals surface area contributed by atoms with Crippen molar-refractivity contribution in [1.29, 1.82) is 0 Å². The average Bonchev–Trinajstić information content (AvgIpc) is 2.44. The lowest BCUT2D eigenvalue weighted by Gasteiger charge is -2.28. The number of hydrogen-bond acceptors (Lipinski definition) is 7. The number of aliphatic hydroxyl groups is 6. The number of aliphatic hydroxyl groups excluding tert-OH is 6. The van der Waals surface area contributed by atoms with Gasteiger partial charge in [-0.15, -0.1) is 0 Å². The van der Waals surface area contributed by atoms with Crippen LogP contribution in [0.4, 0.5) is 0 Å². The van der Waals surface area contributed by atoms with Gasteiger partial charge >= 0.3 is 0 Å². The predicted molar refractivity (Wildman–Crippen MR) is 69.4 cm³/mol. The third kappa shape index (κ3) is 4.73. The van der Waals surface area contributed by atoms with Crippen LogP contribution in [-0.4, -0.2) is 67.1 Å². The molecule has 0 saturated heterocycles. The van der Waals surface area contributed by atoms with Crippen LogP contribution < -0.4 is 0 Å². The summed E-state index contributed by atoms with van der Waals surface area (Å²) in [6, 6.07) is 8.73. The van der Waals surface area contributed by atoms with Crippen LogP contribution in [0.25, 0.3) is 0 Å². The Morgan fingerprint density at radius 2 is 1.42 bits per heavy atom. The highest BCUT2D eigenvalue weighted by molar-refractivity contribution is 7.99. The van der Waals surface area contributed by atoms with Crippen LogP contribution >= 0.6 is 11.8 Å². The standard InChI is InChI=1S/C12H18O6S/c13-6-8(14)9(15)10(16)11(17)12(18)19-7-4-2-1-3-5-7/h1-5,8-18H,6H2/t8-,9-,10-,11+,12?/m0/s1. The number of rotatable bonds is 7. The fourth-order valence-electron chi connectivity index (χ4n) is 1.41. The molecule has 0 aliphatic carbocycles. The van der Waals surface area contributed by atoms with Gasteiger partial charge in [0.25, 0.3) is 0 Å². The van der Waals surface area contributed by atoms with E-state index in [9.17, 15) is 20.4 Å². The second-order valence-electron chi connectivity index (χ2n) is 4.04.